The Bertz CT molecular complexity index is 951. The van der Waals surface area contributed by atoms with Crippen LogP contribution in [0.25, 0.3) is 11.3 Å². The van der Waals surface area contributed by atoms with Crippen molar-refractivity contribution in [1.82, 2.24) is 20.0 Å². The molecular weight excluding hydrogens is 356 g/mol. The molecule has 0 N–H and O–H groups in total. The number of piperidine rings is 1. The summed E-state index contributed by atoms with van der Waals surface area (Å²) in [6.07, 6.45) is 1.63. The highest BCUT2D eigenvalue weighted by Crippen LogP contribution is 2.22. The van der Waals surface area contributed by atoms with E-state index in [1.165, 1.54) is 0 Å². The van der Waals surface area contributed by atoms with Crippen LogP contribution in [0.2, 0.25) is 0 Å². The second-order valence-corrected chi connectivity index (χ2v) is 6.97. The number of nitrogens with zero attached hydrogens (tertiary/aromatic N) is 4. The first-order valence-corrected chi connectivity index (χ1v) is 9.39. The summed E-state index contributed by atoms with van der Waals surface area (Å²) in [6.45, 7) is 4.92. The van der Waals surface area contributed by atoms with Crippen LogP contribution in [0, 0.1) is 13.8 Å². The smallest absolute Gasteiger partial charge is 0.276 e. The Hall–Kier alpha value is -3.22. The fourth-order valence-corrected chi connectivity index (χ4v) is 3.41. The molecule has 0 bridgehead atoms. The molecule has 1 atom stereocenters. The van der Waals surface area contributed by atoms with Gasteiger partial charge in [-0.1, -0.05) is 35.5 Å². The number of rotatable bonds is 4. The predicted molar refractivity (Wildman–Crippen MR) is 103 cm³/mol. The number of likely N-dealkylation sites (tertiary alicyclic amines) is 1. The standard InChI is InChI=1S/C21H22N4O3/c1-14-11-20(23-15(2)22-14)27-17-9-6-10-25(13-17)21(26)18-12-19(28-24-18)16-7-4-3-5-8-16/h3-5,7-8,11-12,17H,6,9-10,13H2,1-2H3/t17-/m0/s1. The van der Waals surface area contributed by atoms with E-state index in [4.69, 9.17) is 9.26 Å². The normalized spacial score (nSPS) is 16.8. The summed E-state index contributed by atoms with van der Waals surface area (Å²) < 4.78 is 11.4. The number of aryl methyl sites for hydroxylation is 2. The number of aromatic nitrogens is 3. The van der Waals surface area contributed by atoms with Crippen LogP contribution in [-0.2, 0) is 0 Å². The minimum atomic E-state index is -0.144. The zero-order chi connectivity index (χ0) is 19.5. The summed E-state index contributed by atoms with van der Waals surface area (Å²) in [7, 11) is 0. The topological polar surface area (TPSA) is 81.4 Å². The molecule has 4 rings (SSSR count). The number of hydrogen-bond donors (Lipinski definition) is 0. The summed E-state index contributed by atoms with van der Waals surface area (Å²) in [5, 5.41) is 3.97. The second-order valence-electron chi connectivity index (χ2n) is 6.97. The Kier molecular flexibility index (Phi) is 5.06. The highest BCUT2D eigenvalue weighted by Gasteiger charge is 2.28. The molecular formula is C21H22N4O3. The van der Waals surface area contributed by atoms with Crippen molar-refractivity contribution in [1.29, 1.82) is 0 Å². The molecule has 0 spiro atoms. The van der Waals surface area contributed by atoms with E-state index in [9.17, 15) is 4.79 Å². The summed E-state index contributed by atoms with van der Waals surface area (Å²) in [5.41, 5.74) is 2.07. The highest BCUT2D eigenvalue weighted by atomic mass is 16.5. The molecule has 0 unspecified atom stereocenters. The van der Waals surface area contributed by atoms with Crippen molar-refractivity contribution in [3.8, 4) is 17.2 Å². The van der Waals surface area contributed by atoms with Gasteiger partial charge in [-0.2, -0.15) is 4.98 Å². The van der Waals surface area contributed by atoms with Crippen LogP contribution in [0.1, 0.15) is 34.8 Å². The quantitative estimate of drug-likeness (QED) is 0.692. The molecule has 3 aromatic rings. The van der Waals surface area contributed by atoms with Gasteiger partial charge in [0.2, 0.25) is 5.88 Å². The lowest BCUT2D eigenvalue weighted by atomic mass is 10.1. The molecule has 0 radical (unpaired) electrons. The van der Waals surface area contributed by atoms with Crippen LogP contribution in [0.4, 0.5) is 0 Å². The Morgan fingerprint density at radius 2 is 2.00 bits per heavy atom. The Morgan fingerprint density at radius 1 is 1.18 bits per heavy atom. The maximum Gasteiger partial charge on any atom is 0.276 e. The van der Waals surface area contributed by atoms with E-state index < -0.39 is 0 Å². The van der Waals surface area contributed by atoms with E-state index in [0.717, 1.165) is 24.1 Å². The molecule has 0 aliphatic carbocycles. The van der Waals surface area contributed by atoms with E-state index in [1.54, 1.807) is 11.0 Å². The van der Waals surface area contributed by atoms with Gasteiger partial charge in [-0.05, 0) is 26.7 Å². The number of benzene rings is 1. The maximum atomic E-state index is 12.9. The van der Waals surface area contributed by atoms with Gasteiger partial charge < -0.3 is 14.2 Å². The van der Waals surface area contributed by atoms with Crippen molar-refractivity contribution >= 4 is 5.91 Å². The largest absolute Gasteiger partial charge is 0.472 e. The number of amides is 1. The van der Waals surface area contributed by atoms with E-state index in [0.29, 0.717) is 36.2 Å². The molecule has 1 fully saturated rings. The van der Waals surface area contributed by atoms with Crippen LogP contribution in [0.5, 0.6) is 5.88 Å². The predicted octanol–water partition coefficient (Wildman–Crippen LogP) is 3.43. The van der Waals surface area contributed by atoms with Gasteiger partial charge in [0, 0.05) is 29.9 Å². The Morgan fingerprint density at radius 3 is 2.79 bits per heavy atom. The number of hydrogen-bond acceptors (Lipinski definition) is 6. The van der Waals surface area contributed by atoms with E-state index >= 15 is 0 Å². The molecule has 1 saturated heterocycles. The lowest BCUT2D eigenvalue weighted by Gasteiger charge is -2.32. The molecule has 144 valence electrons. The first-order chi connectivity index (χ1) is 13.6. The Labute approximate surface area is 163 Å². The van der Waals surface area contributed by atoms with Crippen molar-refractivity contribution in [2.45, 2.75) is 32.8 Å². The lowest BCUT2D eigenvalue weighted by molar-refractivity contribution is 0.0518. The van der Waals surface area contributed by atoms with Gasteiger partial charge in [0.25, 0.3) is 5.91 Å². The molecule has 2 aromatic heterocycles. The summed E-state index contributed by atoms with van der Waals surface area (Å²) in [6, 6.07) is 13.1. The van der Waals surface area contributed by atoms with Gasteiger partial charge in [-0.3, -0.25) is 4.79 Å². The summed E-state index contributed by atoms with van der Waals surface area (Å²) in [4.78, 5) is 23.2. The van der Waals surface area contributed by atoms with Gasteiger partial charge in [-0.15, -0.1) is 0 Å². The third-order valence-electron chi connectivity index (χ3n) is 4.68. The van der Waals surface area contributed by atoms with Crippen LogP contribution in [0.15, 0.2) is 47.0 Å². The summed E-state index contributed by atoms with van der Waals surface area (Å²) >= 11 is 0. The molecule has 1 aliphatic heterocycles. The van der Waals surface area contributed by atoms with E-state index in [2.05, 4.69) is 15.1 Å². The third-order valence-corrected chi connectivity index (χ3v) is 4.68. The van der Waals surface area contributed by atoms with Crippen LogP contribution < -0.4 is 4.74 Å². The minimum absolute atomic E-state index is 0.105. The number of ether oxygens (including phenoxy) is 1. The van der Waals surface area contributed by atoms with Gasteiger partial charge >= 0.3 is 0 Å². The molecule has 1 aliphatic rings. The zero-order valence-electron chi connectivity index (χ0n) is 16.0. The van der Waals surface area contributed by atoms with Crippen LogP contribution in [0.3, 0.4) is 0 Å². The molecule has 7 heteroatoms. The second kappa shape index (κ2) is 7.80. The van der Waals surface area contributed by atoms with E-state index in [1.807, 2.05) is 50.2 Å². The highest BCUT2D eigenvalue weighted by molar-refractivity contribution is 5.93. The van der Waals surface area contributed by atoms with E-state index in [-0.39, 0.29) is 12.0 Å². The molecule has 1 aromatic carbocycles. The average Bonchev–Trinajstić information content (AvgIpc) is 3.18. The summed E-state index contributed by atoms with van der Waals surface area (Å²) in [5.74, 6) is 1.67. The average molecular weight is 378 g/mol. The van der Waals surface area contributed by atoms with Gasteiger partial charge in [0.05, 0.1) is 6.54 Å². The lowest BCUT2D eigenvalue weighted by Crippen LogP contribution is -2.44. The van der Waals surface area contributed by atoms with Gasteiger partial charge in [0.1, 0.15) is 11.9 Å². The van der Waals surface area contributed by atoms with Crippen LogP contribution in [-0.4, -0.2) is 45.1 Å². The van der Waals surface area contributed by atoms with Crippen LogP contribution >= 0.6 is 0 Å². The zero-order valence-corrected chi connectivity index (χ0v) is 16.0. The number of carbonyl (C=O) groups excluding carboxylic acids is 1. The first kappa shape index (κ1) is 18.2. The molecule has 28 heavy (non-hydrogen) atoms. The van der Waals surface area contributed by atoms with Gasteiger partial charge in [-0.25, -0.2) is 4.98 Å². The molecule has 1 amide bonds. The van der Waals surface area contributed by atoms with Crippen molar-refractivity contribution in [3.05, 3.63) is 59.7 Å². The minimum Gasteiger partial charge on any atom is -0.472 e. The Balaban J connectivity index is 1.44. The number of carbonyl (C=O) groups is 1. The van der Waals surface area contributed by atoms with Crippen molar-refractivity contribution in [2.24, 2.45) is 0 Å². The van der Waals surface area contributed by atoms with Crippen molar-refractivity contribution in [2.75, 3.05) is 13.1 Å². The maximum absolute atomic E-state index is 12.9. The first-order valence-electron chi connectivity index (χ1n) is 9.39. The molecule has 7 nitrogen and oxygen atoms in total. The van der Waals surface area contributed by atoms with Gasteiger partial charge in [0.15, 0.2) is 11.5 Å². The molecule has 0 saturated carbocycles. The third kappa shape index (κ3) is 4.03. The fraction of sp³-hybridized carbons (Fsp3) is 0.333. The SMILES string of the molecule is Cc1cc(O[C@H]2CCCN(C(=O)c3cc(-c4ccccc4)on3)C2)nc(C)n1. The molecule has 3 heterocycles. The monoisotopic (exact) mass is 378 g/mol. The van der Waals surface area contributed by atoms with Crippen molar-refractivity contribution < 1.29 is 14.1 Å². The van der Waals surface area contributed by atoms with Crippen molar-refractivity contribution in [3.63, 3.8) is 0 Å². The fourth-order valence-electron chi connectivity index (χ4n) is 3.41.